The summed E-state index contributed by atoms with van der Waals surface area (Å²) < 4.78 is 39.2. The third-order valence-electron chi connectivity index (χ3n) is 3.34. The van der Waals surface area contributed by atoms with Crippen LogP contribution in [-0.4, -0.2) is 16.1 Å². The molecule has 3 nitrogen and oxygen atoms in total. The Bertz CT molecular complexity index is 820. The quantitative estimate of drug-likeness (QED) is 0.688. The van der Waals surface area contributed by atoms with Crippen LogP contribution in [-0.2, 0) is 12.7 Å². The van der Waals surface area contributed by atoms with Gasteiger partial charge in [-0.3, -0.25) is 9.48 Å². The molecule has 112 valence electrons. The third kappa shape index (κ3) is 2.86. The van der Waals surface area contributed by atoms with Crippen LogP contribution in [0.1, 0.15) is 21.5 Å². The van der Waals surface area contributed by atoms with Crippen LogP contribution >= 0.6 is 0 Å². The Kier molecular flexibility index (Phi) is 3.44. The van der Waals surface area contributed by atoms with Gasteiger partial charge in [0.15, 0.2) is 0 Å². The number of halogens is 3. The molecule has 22 heavy (non-hydrogen) atoms. The second kappa shape index (κ2) is 5.29. The number of carbonyl (C=O) groups is 1. The monoisotopic (exact) mass is 304 g/mol. The van der Waals surface area contributed by atoms with Gasteiger partial charge in [0, 0.05) is 17.1 Å². The van der Waals surface area contributed by atoms with Gasteiger partial charge in [-0.25, -0.2) is 0 Å². The van der Waals surface area contributed by atoms with Crippen molar-refractivity contribution in [1.29, 1.82) is 0 Å². The third-order valence-corrected chi connectivity index (χ3v) is 3.34. The Morgan fingerprint density at radius 2 is 1.82 bits per heavy atom. The smallest absolute Gasteiger partial charge is 0.298 e. The van der Waals surface area contributed by atoms with Crippen LogP contribution in [0.5, 0.6) is 0 Å². The minimum Gasteiger partial charge on any atom is -0.298 e. The zero-order valence-corrected chi connectivity index (χ0v) is 11.3. The van der Waals surface area contributed by atoms with Crippen molar-refractivity contribution in [3.05, 3.63) is 65.4 Å². The van der Waals surface area contributed by atoms with Crippen molar-refractivity contribution in [2.24, 2.45) is 0 Å². The summed E-state index contributed by atoms with van der Waals surface area (Å²) in [4.78, 5) is 10.7. The van der Waals surface area contributed by atoms with Gasteiger partial charge in [-0.2, -0.15) is 18.3 Å². The first-order valence-corrected chi connectivity index (χ1v) is 6.54. The van der Waals surface area contributed by atoms with Gasteiger partial charge in [-0.1, -0.05) is 12.1 Å². The molecule has 0 radical (unpaired) electrons. The minimum absolute atomic E-state index is 0.364. The highest BCUT2D eigenvalue weighted by atomic mass is 19.4. The van der Waals surface area contributed by atoms with E-state index in [2.05, 4.69) is 5.10 Å². The van der Waals surface area contributed by atoms with Crippen LogP contribution in [0.4, 0.5) is 13.2 Å². The number of rotatable bonds is 3. The fourth-order valence-electron chi connectivity index (χ4n) is 2.24. The number of fused-ring (bicyclic) bond motifs is 1. The molecule has 0 unspecified atom stereocenters. The van der Waals surface area contributed by atoms with E-state index in [1.807, 2.05) is 0 Å². The summed E-state index contributed by atoms with van der Waals surface area (Å²) in [7, 11) is 0. The van der Waals surface area contributed by atoms with Crippen LogP contribution in [0.15, 0.2) is 48.7 Å². The summed E-state index contributed by atoms with van der Waals surface area (Å²) in [5, 5.41) is 5.15. The number of aldehydes is 1. The first kappa shape index (κ1) is 14.3. The molecule has 0 aliphatic rings. The van der Waals surface area contributed by atoms with Crippen molar-refractivity contribution in [3.8, 4) is 0 Å². The van der Waals surface area contributed by atoms with Crippen molar-refractivity contribution in [2.75, 3.05) is 0 Å². The molecule has 0 fully saturated rings. The lowest BCUT2D eigenvalue weighted by Crippen LogP contribution is -2.05. The van der Waals surface area contributed by atoms with E-state index in [4.69, 9.17) is 0 Å². The molecule has 0 atom stereocenters. The summed E-state index contributed by atoms with van der Waals surface area (Å²) in [6, 6.07) is 10.1. The van der Waals surface area contributed by atoms with Gasteiger partial charge in [0.1, 0.15) is 6.29 Å². The van der Waals surface area contributed by atoms with Crippen molar-refractivity contribution in [3.63, 3.8) is 0 Å². The van der Waals surface area contributed by atoms with E-state index in [1.165, 1.54) is 12.1 Å². The van der Waals surface area contributed by atoms with Gasteiger partial charge in [-0.05, 0) is 35.9 Å². The van der Waals surface area contributed by atoms with E-state index in [0.717, 1.165) is 34.9 Å². The minimum atomic E-state index is -4.33. The van der Waals surface area contributed by atoms with E-state index >= 15 is 0 Å². The van der Waals surface area contributed by atoms with E-state index in [-0.39, 0.29) is 0 Å². The molecule has 6 heteroatoms. The maximum absolute atomic E-state index is 12.5. The van der Waals surface area contributed by atoms with Crippen molar-refractivity contribution in [1.82, 2.24) is 9.78 Å². The zero-order chi connectivity index (χ0) is 15.7. The molecule has 0 saturated heterocycles. The number of nitrogens with zero attached hydrogens (tertiary/aromatic N) is 2. The van der Waals surface area contributed by atoms with Crippen LogP contribution in [0.3, 0.4) is 0 Å². The van der Waals surface area contributed by atoms with Gasteiger partial charge in [0.25, 0.3) is 0 Å². The molecule has 0 amide bonds. The molecule has 1 aromatic heterocycles. The summed E-state index contributed by atoms with van der Waals surface area (Å²) in [6.45, 7) is 0.364. The van der Waals surface area contributed by atoms with Gasteiger partial charge >= 0.3 is 6.18 Å². The molecule has 0 aliphatic heterocycles. The van der Waals surface area contributed by atoms with Crippen LogP contribution in [0, 0.1) is 0 Å². The number of alkyl halides is 3. The second-order valence-corrected chi connectivity index (χ2v) is 4.96. The number of hydrogen-bond acceptors (Lipinski definition) is 2. The maximum atomic E-state index is 12.5. The molecule has 1 heterocycles. The molecule has 0 saturated carbocycles. The largest absolute Gasteiger partial charge is 0.416 e. The standard InChI is InChI=1S/C16H11F3N2O/c17-16(18,19)14-4-1-11(2-5-14)8-21-9-13-7-12(10-22)3-6-15(13)20-21/h1-7,9-10H,8H2. The van der Waals surface area contributed by atoms with Gasteiger partial charge in [0.05, 0.1) is 17.6 Å². The summed E-state index contributed by atoms with van der Waals surface area (Å²) in [5.74, 6) is 0. The molecule has 0 bridgehead atoms. The fourth-order valence-corrected chi connectivity index (χ4v) is 2.24. The highest BCUT2D eigenvalue weighted by Gasteiger charge is 2.29. The first-order valence-electron chi connectivity index (χ1n) is 6.54. The van der Waals surface area contributed by atoms with E-state index in [0.29, 0.717) is 12.1 Å². The average molecular weight is 304 g/mol. The fraction of sp³-hybridized carbons (Fsp3) is 0.125. The van der Waals surface area contributed by atoms with Crippen molar-refractivity contribution < 1.29 is 18.0 Å². The summed E-state index contributed by atoms with van der Waals surface area (Å²) in [5.41, 5.74) is 1.34. The van der Waals surface area contributed by atoms with Gasteiger partial charge in [0.2, 0.25) is 0 Å². The summed E-state index contributed by atoms with van der Waals surface area (Å²) in [6.07, 6.45) is -1.81. The number of hydrogen-bond donors (Lipinski definition) is 0. The number of aromatic nitrogens is 2. The molecule has 0 aliphatic carbocycles. The van der Waals surface area contributed by atoms with Crippen molar-refractivity contribution in [2.45, 2.75) is 12.7 Å². The first-order chi connectivity index (χ1) is 10.5. The Balaban J connectivity index is 1.85. The highest BCUT2D eigenvalue weighted by molar-refractivity contribution is 5.86. The topological polar surface area (TPSA) is 34.9 Å². The van der Waals surface area contributed by atoms with E-state index < -0.39 is 11.7 Å². The Hall–Kier alpha value is -2.63. The lowest BCUT2D eigenvalue weighted by atomic mass is 10.1. The molecular weight excluding hydrogens is 293 g/mol. The molecule has 0 N–H and O–H groups in total. The molecule has 3 aromatic rings. The van der Waals surface area contributed by atoms with E-state index in [9.17, 15) is 18.0 Å². The Morgan fingerprint density at radius 3 is 2.45 bits per heavy atom. The normalized spacial score (nSPS) is 11.8. The van der Waals surface area contributed by atoms with Gasteiger partial charge < -0.3 is 0 Å². The van der Waals surface area contributed by atoms with Crippen LogP contribution in [0.25, 0.3) is 10.9 Å². The molecule has 3 rings (SSSR count). The van der Waals surface area contributed by atoms with Crippen LogP contribution < -0.4 is 0 Å². The highest BCUT2D eigenvalue weighted by Crippen LogP contribution is 2.29. The maximum Gasteiger partial charge on any atom is 0.416 e. The average Bonchev–Trinajstić information content (AvgIpc) is 2.88. The molecule has 0 spiro atoms. The lowest BCUT2D eigenvalue weighted by molar-refractivity contribution is -0.137. The zero-order valence-electron chi connectivity index (χ0n) is 11.3. The van der Waals surface area contributed by atoms with Crippen LogP contribution in [0.2, 0.25) is 0 Å². The SMILES string of the molecule is O=Cc1ccc2nn(Cc3ccc(C(F)(F)F)cc3)cc2c1. The molecule has 2 aromatic carbocycles. The predicted octanol–water partition coefficient (Wildman–Crippen LogP) is 3.92. The van der Waals surface area contributed by atoms with E-state index in [1.54, 1.807) is 29.1 Å². The summed E-state index contributed by atoms with van der Waals surface area (Å²) >= 11 is 0. The van der Waals surface area contributed by atoms with Gasteiger partial charge in [-0.15, -0.1) is 0 Å². The number of carbonyl (C=O) groups excluding carboxylic acids is 1. The predicted molar refractivity (Wildman–Crippen MR) is 75.7 cm³/mol. The second-order valence-electron chi connectivity index (χ2n) is 4.96. The number of benzene rings is 2. The lowest BCUT2D eigenvalue weighted by Gasteiger charge is -2.07. The molecular formula is C16H11F3N2O. The Labute approximate surface area is 124 Å². The Morgan fingerprint density at radius 1 is 1.09 bits per heavy atom. The van der Waals surface area contributed by atoms with Crippen molar-refractivity contribution >= 4 is 17.2 Å².